The van der Waals surface area contributed by atoms with Crippen LogP contribution in [0.15, 0.2) is 0 Å². The Labute approximate surface area is 109 Å². The van der Waals surface area contributed by atoms with E-state index < -0.39 is 0 Å². The van der Waals surface area contributed by atoms with Crippen LogP contribution in [-0.2, 0) is 4.79 Å². The third-order valence-electron chi connectivity index (χ3n) is 3.27. The van der Waals surface area contributed by atoms with Crippen molar-refractivity contribution >= 4 is 21.8 Å². The predicted molar refractivity (Wildman–Crippen MR) is 73.9 cm³/mol. The first-order valence-electron chi connectivity index (χ1n) is 6.40. The Hall–Kier alpha value is -0.0500. The molecule has 0 aliphatic carbocycles. The van der Waals surface area contributed by atoms with Gasteiger partial charge in [-0.25, -0.2) is 0 Å². The summed E-state index contributed by atoms with van der Waals surface area (Å²) in [6.07, 6.45) is 5.21. The summed E-state index contributed by atoms with van der Waals surface area (Å²) in [4.78, 5) is 12.1. The summed E-state index contributed by atoms with van der Waals surface area (Å²) in [5.74, 6) is 0.407. The van der Waals surface area contributed by atoms with Crippen molar-refractivity contribution < 1.29 is 4.79 Å². The number of alkyl halides is 1. The minimum atomic E-state index is -0.100. The molecule has 2 unspecified atom stereocenters. The van der Waals surface area contributed by atoms with Gasteiger partial charge in [0.25, 0.3) is 0 Å². The Balaban J connectivity index is 4.29. The summed E-state index contributed by atoms with van der Waals surface area (Å²) in [6, 6.07) is 0. The molecular formula is C13H26BrNO. The van der Waals surface area contributed by atoms with E-state index in [0.717, 1.165) is 37.4 Å². The smallest absolute Gasteiger partial charge is 0.223 e. The number of hydrogen-bond donors (Lipinski definition) is 1. The fourth-order valence-corrected chi connectivity index (χ4v) is 2.12. The van der Waals surface area contributed by atoms with Gasteiger partial charge in [0.1, 0.15) is 0 Å². The molecule has 0 spiro atoms. The highest BCUT2D eigenvalue weighted by Crippen LogP contribution is 2.17. The van der Waals surface area contributed by atoms with Gasteiger partial charge in [-0.3, -0.25) is 4.79 Å². The molecule has 0 saturated carbocycles. The molecular weight excluding hydrogens is 266 g/mol. The van der Waals surface area contributed by atoms with Crippen molar-refractivity contribution in [2.45, 2.75) is 65.3 Å². The molecule has 0 aromatic heterocycles. The standard InChI is InChI=1S/C13H26BrNO/c1-5-8-9-11(6-2)12(16)15-13(4,7-3)10-14/h11H,5-10H2,1-4H3,(H,15,16). The van der Waals surface area contributed by atoms with E-state index in [4.69, 9.17) is 0 Å². The van der Waals surface area contributed by atoms with Crippen LogP contribution in [0.2, 0.25) is 0 Å². The quantitative estimate of drug-likeness (QED) is 0.676. The maximum atomic E-state index is 12.1. The van der Waals surface area contributed by atoms with E-state index in [1.165, 1.54) is 0 Å². The summed E-state index contributed by atoms with van der Waals surface area (Å²) in [6.45, 7) is 8.46. The molecule has 1 N–H and O–H groups in total. The summed E-state index contributed by atoms with van der Waals surface area (Å²) in [5.41, 5.74) is -0.100. The van der Waals surface area contributed by atoms with Crippen molar-refractivity contribution in [1.29, 1.82) is 0 Å². The third kappa shape index (κ3) is 5.33. The summed E-state index contributed by atoms with van der Waals surface area (Å²) in [5, 5.41) is 3.98. The van der Waals surface area contributed by atoms with Gasteiger partial charge in [0, 0.05) is 16.8 Å². The highest BCUT2D eigenvalue weighted by Gasteiger charge is 2.26. The molecule has 0 saturated heterocycles. The number of nitrogens with one attached hydrogen (secondary N) is 1. The highest BCUT2D eigenvalue weighted by molar-refractivity contribution is 9.09. The minimum Gasteiger partial charge on any atom is -0.350 e. The Morgan fingerprint density at radius 2 is 2.00 bits per heavy atom. The van der Waals surface area contributed by atoms with Crippen LogP contribution in [-0.4, -0.2) is 16.8 Å². The van der Waals surface area contributed by atoms with E-state index in [-0.39, 0.29) is 17.4 Å². The van der Waals surface area contributed by atoms with Crippen LogP contribution in [0.5, 0.6) is 0 Å². The van der Waals surface area contributed by atoms with Crippen LogP contribution in [0, 0.1) is 5.92 Å². The number of halogens is 1. The topological polar surface area (TPSA) is 29.1 Å². The Bertz CT molecular complexity index is 202. The first-order chi connectivity index (χ1) is 7.52. The minimum absolute atomic E-state index is 0.100. The molecule has 0 aliphatic rings. The number of hydrogen-bond acceptors (Lipinski definition) is 1. The zero-order chi connectivity index (χ0) is 12.6. The molecule has 1 amide bonds. The zero-order valence-corrected chi connectivity index (χ0v) is 12.7. The average molecular weight is 292 g/mol. The van der Waals surface area contributed by atoms with E-state index in [1.54, 1.807) is 0 Å². The van der Waals surface area contributed by atoms with Gasteiger partial charge >= 0.3 is 0 Å². The SMILES string of the molecule is CCCCC(CC)C(=O)NC(C)(CC)CBr. The number of amides is 1. The molecule has 0 rings (SSSR count). The van der Waals surface area contributed by atoms with Crippen LogP contribution in [0.1, 0.15) is 59.8 Å². The number of rotatable bonds is 8. The molecule has 0 aliphatic heterocycles. The van der Waals surface area contributed by atoms with Crippen LogP contribution in [0.4, 0.5) is 0 Å². The second-order valence-electron chi connectivity index (χ2n) is 4.78. The van der Waals surface area contributed by atoms with Crippen LogP contribution >= 0.6 is 15.9 Å². The third-order valence-corrected chi connectivity index (χ3v) is 4.51. The van der Waals surface area contributed by atoms with Crippen LogP contribution in [0.25, 0.3) is 0 Å². The summed E-state index contributed by atoms with van der Waals surface area (Å²) >= 11 is 3.47. The second kappa shape index (κ2) is 8.10. The first-order valence-corrected chi connectivity index (χ1v) is 7.53. The maximum Gasteiger partial charge on any atom is 0.223 e. The molecule has 96 valence electrons. The van der Waals surface area contributed by atoms with Gasteiger partial charge in [0.2, 0.25) is 5.91 Å². The van der Waals surface area contributed by atoms with E-state index in [2.05, 4.69) is 48.9 Å². The van der Waals surface area contributed by atoms with Crippen molar-refractivity contribution in [3.63, 3.8) is 0 Å². The fraction of sp³-hybridized carbons (Fsp3) is 0.923. The van der Waals surface area contributed by atoms with Crippen molar-refractivity contribution in [3.8, 4) is 0 Å². The molecule has 0 fully saturated rings. The van der Waals surface area contributed by atoms with Gasteiger partial charge in [-0.15, -0.1) is 0 Å². The van der Waals surface area contributed by atoms with E-state index >= 15 is 0 Å². The highest BCUT2D eigenvalue weighted by atomic mass is 79.9. The normalized spacial score (nSPS) is 16.6. The molecule has 0 aromatic rings. The first kappa shape index (κ1) is 16.0. The number of carbonyl (C=O) groups excluding carboxylic acids is 1. The van der Waals surface area contributed by atoms with Crippen molar-refractivity contribution in [3.05, 3.63) is 0 Å². The average Bonchev–Trinajstić information content (AvgIpc) is 2.29. The van der Waals surface area contributed by atoms with Gasteiger partial charge in [-0.1, -0.05) is 49.5 Å². The lowest BCUT2D eigenvalue weighted by atomic mass is 9.95. The van der Waals surface area contributed by atoms with Gasteiger partial charge in [0.15, 0.2) is 0 Å². The molecule has 0 heterocycles. The summed E-state index contributed by atoms with van der Waals surface area (Å²) < 4.78 is 0. The molecule has 0 radical (unpaired) electrons. The fourth-order valence-electron chi connectivity index (χ4n) is 1.59. The lowest BCUT2D eigenvalue weighted by molar-refractivity contribution is -0.127. The van der Waals surface area contributed by atoms with Gasteiger partial charge in [-0.05, 0) is 26.2 Å². The lowest BCUT2D eigenvalue weighted by Crippen LogP contribution is -2.49. The molecule has 16 heavy (non-hydrogen) atoms. The van der Waals surface area contributed by atoms with Crippen LogP contribution in [0.3, 0.4) is 0 Å². The monoisotopic (exact) mass is 291 g/mol. The molecule has 0 aromatic carbocycles. The molecule has 2 atom stereocenters. The largest absolute Gasteiger partial charge is 0.350 e. The van der Waals surface area contributed by atoms with E-state index in [9.17, 15) is 4.79 Å². The molecule has 0 bridgehead atoms. The van der Waals surface area contributed by atoms with Gasteiger partial charge in [0.05, 0.1) is 0 Å². The molecule has 3 heteroatoms. The Morgan fingerprint density at radius 1 is 1.38 bits per heavy atom. The van der Waals surface area contributed by atoms with Crippen LogP contribution < -0.4 is 5.32 Å². The van der Waals surface area contributed by atoms with Gasteiger partial charge < -0.3 is 5.32 Å². The zero-order valence-electron chi connectivity index (χ0n) is 11.1. The predicted octanol–water partition coefficient (Wildman–Crippen LogP) is 3.88. The van der Waals surface area contributed by atoms with E-state index in [1.807, 2.05) is 0 Å². The second-order valence-corrected chi connectivity index (χ2v) is 5.35. The maximum absolute atomic E-state index is 12.1. The molecule has 2 nitrogen and oxygen atoms in total. The Morgan fingerprint density at radius 3 is 2.38 bits per heavy atom. The summed E-state index contributed by atoms with van der Waals surface area (Å²) in [7, 11) is 0. The van der Waals surface area contributed by atoms with Gasteiger partial charge in [-0.2, -0.15) is 0 Å². The Kier molecular flexibility index (Phi) is 8.08. The van der Waals surface area contributed by atoms with E-state index in [0.29, 0.717) is 0 Å². The van der Waals surface area contributed by atoms with Crippen molar-refractivity contribution in [1.82, 2.24) is 5.32 Å². The lowest BCUT2D eigenvalue weighted by Gasteiger charge is -2.29. The van der Waals surface area contributed by atoms with Crippen molar-refractivity contribution in [2.75, 3.05) is 5.33 Å². The number of carbonyl (C=O) groups is 1. The number of unbranched alkanes of at least 4 members (excludes halogenated alkanes) is 1. The van der Waals surface area contributed by atoms with Crippen molar-refractivity contribution in [2.24, 2.45) is 5.92 Å².